The summed E-state index contributed by atoms with van der Waals surface area (Å²) in [7, 11) is -2.99. The molecule has 1 saturated carbocycles. The Morgan fingerprint density at radius 2 is 1.62 bits per heavy atom. The van der Waals surface area contributed by atoms with Crippen LogP contribution >= 0.6 is 11.6 Å². The van der Waals surface area contributed by atoms with Gasteiger partial charge in [0.1, 0.15) is 24.2 Å². The summed E-state index contributed by atoms with van der Waals surface area (Å²) in [6.45, 7) is 0.845. The molecular weight excluding hydrogens is 653 g/mol. The summed E-state index contributed by atoms with van der Waals surface area (Å²) in [5, 5.41) is 3.34. The van der Waals surface area contributed by atoms with Crippen molar-refractivity contribution in [2.75, 3.05) is 18.0 Å². The number of amides is 2. The third kappa shape index (κ3) is 8.35. The number of carbonyl (C=O) groups excluding carboxylic acids is 2. The number of hydrogen-bond donors (Lipinski definition) is 1. The van der Waals surface area contributed by atoms with Gasteiger partial charge in [0.2, 0.25) is 11.8 Å². The van der Waals surface area contributed by atoms with E-state index < -0.39 is 34.3 Å². The van der Waals surface area contributed by atoms with Crippen molar-refractivity contribution < 1.29 is 27.1 Å². The first kappa shape index (κ1) is 34.9. The van der Waals surface area contributed by atoms with Gasteiger partial charge in [0.25, 0.3) is 10.0 Å². The van der Waals surface area contributed by atoms with Crippen molar-refractivity contribution in [3.8, 4) is 5.75 Å². The molecule has 0 spiro atoms. The van der Waals surface area contributed by atoms with Crippen LogP contribution in [0.2, 0.25) is 5.02 Å². The number of aryl methyl sites for hydroxylation is 1. The van der Waals surface area contributed by atoms with E-state index in [0.29, 0.717) is 0 Å². The van der Waals surface area contributed by atoms with Crippen LogP contribution in [-0.2, 0) is 32.6 Å². The molecule has 0 radical (unpaired) electrons. The second kappa shape index (κ2) is 15.7. The molecular formula is C37H39ClFN3O5S. The van der Waals surface area contributed by atoms with Gasteiger partial charge in [0.05, 0.1) is 17.7 Å². The standard InChI is InChI=1S/C37H39ClFN3O5S/c1-26-16-19-31(20-17-26)48(45,46)42(33-23-29(38)18-21-35(33)47-2)25-36(43)41(24-28-12-6-9-15-32(28)39)34(22-27-10-4-3-5-11-27)37(44)40-30-13-7-8-14-30/h3-6,9-12,15-21,23,30,34H,7-8,13-14,22,24-25H2,1-2H3,(H,40,44). The minimum absolute atomic E-state index is 0.0415. The summed E-state index contributed by atoms with van der Waals surface area (Å²) in [5.41, 5.74) is 1.87. The average molecular weight is 692 g/mol. The second-order valence-electron chi connectivity index (χ2n) is 11.9. The number of ether oxygens (including phenoxy) is 1. The molecule has 1 aliphatic rings. The van der Waals surface area contributed by atoms with Crippen LogP contribution in [0.5, 0.6) is 5.75 Å². The normalized spacial score (nSPS) is 13.9. The topological polar surface area (TPSA) is 96.0 Å². The molecule has 252 valence electrons. The molecule has 1 atom stereocenters. The number of nitrogens with zero attached hydrogens (tertiary/aromatic N) is 2. The maximum Gasteiger partial charge on any atom is 0.264 e. The summed E-state index contributed by atoms with van der Waals surface area (Å²) in [6.07, 6.45) is 3.74. The van der Waals surface area contributed by atoms with E-state index in [-0.39, 0.29) is 51.8 Å². The van der Waals surface area contributed by atoms with Crippen LogP contribution in [0.15, 0.2) is 102 Å². The third-order valence-corrected chi connectivity index (χ3v) is 10.6. The van der Waals surface area contributed by atoms with Gasteiger partial charge in [-0.25, -0.2) is 12.8 Å². The molecule has 0 aliphatic heterocycles. The van der Waals surface area contributed by atoms with Gasteiger partial charge in [-0.15, -0.1) is 0 Å². The largest absolute Gasteiger partial charge is 0.495 e. The van der Waals surface area contributed by atoms with E-state index in [9.17, 15) is 18.0 Å². The SMILES string of the molecule is COc1ccc(Cl)cc1N(CC(=O)N(Cc1ccccc1F)C(Cc1ccccc1)C(=O)NC1CCCC1)S(=O)(=O)c1ccc(C)cc1. The lowest BCUT2D eigenvalue weighted by Crippen LogP contribution is -2.54. The Bertz CT molecular complexity index is 1830. The fourth-order valence-electron chi connectivity index (χ4n) is 5.94. The molecule has 2 amide bonds. The van der Waals surface area contributed by atoms with E-state index in [0.717, 1.165) is 41.1 Å². The molecule has 4 aromatic rings. The van der Waals surface area contributed by atoms with Crippen LogP contribution in [0, 0.1) is 12.7 Å². The van der Waals surface area contributed by atoms with E-state index >= 15 is 4.39 Å². The van der Waals surface area contributed by atoms with Crippen LogP contribution in [-0.4, -0.2) is 50.9 Å². The first-order valence-electron chi connectivity index (χ1n) is 15.9. The van der Waals surface area contributed by atoms with Gasteiger partial charge >= 0.3 is 0 Å². The van der Waals surface area contributed by atoms with Crippen LogP contribution in [0.3, 0.4) is 0 Å². The maximum atomic E-state index is 15.2. The summed E-state index contributed by atoms with van der Waals surface area (Å²) < 4.78 is 50.3. The Balaban J connectivity index is 1.61. The quantitative estimate of drug-likeness (QED) is 0.169. The number of nitrogens with one attached hydrogen (secondary N) is 1. The highest BCUT2D eigenvalue weighted by molar-refractivity contribution is 7.92. The van der Waals surface area contributed by atoms with Gasteiger partial charge in [-0.3, -0.25) is 13.9 Å². The third-order valence-electron chi connectivity index (χ3n) is 8.57. The Hall–Kier alpha value is -4.41. The van der Waals surface area contributed by atoms with Crippen molar-refractivity contribution in [2.24, 2.45) is 0 Å². The van der Waals surface area contributed by atoms with Crippen LogP contribution in [0.1, 0.15) is 42.4 Å². The van der Waals surface area contributed by atoms with Gasteiger partial charge in [-0.2, -0.15) is 0 Å². The molecule has 48 heavy (non-hydrogen) atoms. The molecule has 1 aliphatic carbocycles. The number of rotatable bonds is 13. The lowest BCUT2D eigenvalue weighted by molar-refractivity contribution is -0.140. The van der Waals surface area contributed by atoms with Crippen LogP contribution in [0.25, 0.3) is 0 Å². The van der Waals surface area contributed by atoms with E-state index in [2.05, 4.69) is 5.32 Å². The predicted molar refractivity (Wildman–Crippen MR) is 185 cm³/mol. The van der Waals surface area contributed by atoms with Gasteiger partial charge < -0.3 is 15.0 Å². The zero-order valence-electron chi connectivity index (χ0n) is 26.9. The number of methoxy groups -OCH3 is 1. The number of sulfonamides is 1. The summed E-state index contributed by atoms with van der Waals surface area (Å²) in [4.78, 5) is 30.0. The summed E-state index contributed by atoms with van der Waals surface area (Å²) in [5.74, 6) is -1.48. The van der Waals surface area contributed by atoms with Crippen molar-refractivity contribution in [3.05, 3.63) is 125 Å². The molecule has 4 aromatic carbocycles. The lowest BCUT2D eigenvalue weighted by atomic mass is 10.0. The monoisotopic (exact) mass is 691 g/mol. The molecule has 5 rings (SSSR count). The number of halogens is 2. The molecule has 1 fully saturated rings. The Morgan fingerprint density at radius 1 is 0.958 bits per heavy atom. The first-order chi connectivity index (χ1) is 23.1. The highest BCUT2D eigenvalue weighted by atomic mass is 35.5. The maximum absolute atomic E-state index is 15.2. The highest BCUT2D eigenvalue weighted by Crippen LogP contribution is 2.35. The summed E-state index contributed by atoms with van der Waals surface area (Å²) >= 11 is 6.35. The fraction of sp³-hybridized carbons (Fsp3) is 0.297. The van der Waals surface area contributed by atoms with Gasteiger partial charge in [0.15, 0.2) is 0 Å². The fourth-order valence-corrected chi connectivity index (χ4v) is 7.52. The van der Waals surface area contributed by atoms with Gasteiger partial charge in [-0.1, -0.05) is 90.7 Å². The van der Waals surface area contributed by atoms with E-state index in [1.165, 1.54) is 42.3 Å². The van der Waals surface area contributed by atoms with Crippen LogP contribution < -0.4 is 14.4 Å². The smallest absolute Gasteiger partial charge is 0.264 e. The Morgan fingerprint density at radius 3 is 2.29 bits per heavy atom. The average Bonchev–Trinajstić information content (AvgIpc) is 3.59. The van der Waals surface area contributed by atoms with E-state index in [4.69, 9.17) is 16.3 Å². The molecule has 0 bridgehead atoms. The number of hydrogen-bond acceptors (Lipinski definition) is 5. The van der Waals surface area contributed by atoms with E-state index in [1.807, 2.05) is 37.3 Å². The van der Waals surface area contributed by atoms with Crippen molar-refractivity contribution in [1.82, 2.24) is 10.2 Å². The second-order valence-corrected chi connectivity index (χ2v) is 14.2. The summed E-state index contributed by atoms with van der Waals surface area (Å²) in [6, 6.07) is 24.9. The molecule has 8 nitrogen and oxygen atoms in total. The molecule has 1 unspecified atom stereocenters. The molecule has 11 heteroatoms. The molecule has 0 heterocycles. The predicted octanol–water partition coefficient (Wildman–Crippen LogP) is 6.69. The zero-order valence-corrected chi connectivity index (χ0v) is 28.5. The molecule has 0 aromatic heterocycles. The number of anilines is 1. The minimum atomic E-state index is -4.38. The molecule has 1 N–H and O–H groups in total. The Kier molecular flexibility index (Phi) is 11.4. The van der Waals surface area contributed by atoms with Crippen molar-refractivity contribution in [1.29, 1.82) is 0 Å². The van der Waals surface area contributed by atoms with Crippen LogP contribution in [0.4, 0.5) is 10.1 Å². The van der Waals surface area contributed by atoms with Crippen molar-refractivity contribution in [2.45, 2.75) is 62.6 Å². The van der Waals surface area contributed by atoms with Crippen molar-refractivity contribution in [3.63, 3.8) is 0 Å². The Labute approximate surface area is 286 Å². The first-order valence-corrected chi connectivity index (χ1v) is 17.7. The zero-order chi connectivity index (χ0) is 34.3. The lowest BCUT2D eigenvalue weighted by Gasteiger charge is -2.34. The van der Waals surface area contributed by atoms with Crippen molar-refractivity contribution >= 4 is 39.1 Å². The van der Waals surface area contributed by atoms with Gasteiger partial charge in [-0.05, 0) is 61.7 Å². The highest BCUT2D eigenvalue weighted by Gasteiger charge is 2.36. The van der Waals surface area contributed by atoms with Gasteiger partial charge in [0, 0.05) is 29.6 Å². The minimum Gasteiger partial charge on any atom is -0.495 e. The molecule has 0 saturated heterocycles. The van der Waals surface area contributed by atoms with E-state index in [1.54, 1.807) is 36.4 Å². The number of carbonyl (C=O) groups is 2. The number of benzene rings is 4.